The zero-order valence-corrected chi connectivity index (χ0v) is 19.5. The number of methoxy groups -OCH3 is 2. The van der Waals surface area contributed by atoms with Gasteiger partial charge < -0.3 is 14.6 Å². The van der Waals surface area contributed by atoms with Crippen LogP contribution in [0.1, 0.15) is 49.1 Å². The van der Waals surface area contributed by atoms with E-state index in [1.54, 1.807) is 21.1 Å². The third kappa shape index (κ3) is 3.10. The van der Waals surface area contributed by atoms with E-state index in [-0.39, 0.29) is 25.5 Å². The van der Waals surface area contributed by atoms with E-state index in [1.165, 1.54) is 0 Å². The lowest BCUT2D eigenvalue weighted by atomic mass is 9.74. The van der Waals surface area contributed by atoms with Crippen LogP contribution in [0, 0.1) is 19.8 Å². The van der Waals surface area contributed by atoms with E-state index in [2.05, 4.69) is 0 Å². The van der Waals surface area contributed by atoms with Gasteiger partial charge in [-0.1, -0.05) is 13.8 Å². The number of ether oxygens (including phenoxy) is 2. The highest BCUT2D eigenvalue weighted by atomic mass is 32.2. The van der Waals surface area contributed by atoms with Crippen LogP contribution in [0.2, 0.25) is 0 Å². The lowest BCUT2D eigenvalue weighted by molar-refractivity contribution is 0.340. The summed E-state index contributed by atoms with van der Waals surface area (Å²) >= 11 is 0. The van der Waals surface area contributed by atoms with Crippen LogP contribution in [0.3, 0.4) is 0 Å². The van der Waals surface area contributed by atoms with Crippen molar-refractivity contribution in [1.82, 2.24) is 4.98 Å². The van der Waals surface area contributed by atoms with E-state index in [0.29, 0.717) is 30.0 Å². The molecule has 0 bridgehead atoms. The van der Waals surface area contributed by atoms with Gasteiger partial charge in [0.2, 0.25) is 0 Å². The predicted octanol–water partition coefficient (Wildman–Crippen LogP) is 4.89. The molecule has 0 saturated heterocycles. The van der Waals surface area contributed by atoms with E-state index in [9.17, 15) is 18.1 Å². The number of fused-ring (bicyclic) bond motifs is 7. The van der Waals surface area contributed by atoms with Gasteiger partial charge in [0.25, 0.3) is 10.1 Å². The Morgan fingerprint density at radius 1 is 1.09 bits per heavy atom. The average Bonchev–Trinajstić information content (AvgIpc) is 3.19. The van der Waals surface area contributed by atoms with E-state index >= 15 is 0 Å². The maximum atomic E-state index is 12.6. The first-order valence-electron chi connectivity index (χ1n) is 10.8. The van der Waals surface area contributed by atoms with Gasteiger partial charge >= 0.3 is 0 Å². The molecule has 8 heteroatoms. The normalized spacial score (nSPS) is 22.0. The minimum atomic E-state index is -4.26. The number of pyridine rings is 1. The summed E-state index contributed by atoms with van der Waals surface area (Å²) in [5, 5.41) is 13.2. The summed E-state index contributed by atoms with van der Waals surface area (Å²) in [6, 6.07) is 3.73. The van der Waals surface area contributed by atoms with Gasteiger partial charge in [-0.15, -0.1) is 0 Å². The molecule has 0 radical (unpaired) electrons. The Morgan fingerprint density at radius 3 is 2.33 bits per heavy atom. The summed E-state index contributed by atoms with van der Waals surface area (Å²) in [5.74, 6) is 1.07. The molecule has 0 aliphatic heterocycles. The average molecular weight is 474 g/mol. The molecule has 2 atom stereocenters. The van der Waals surface area contributed by atoms with Gasteiger partial charge in [0.15, 0.2) is 11.5 Å². The lowest BCUT2D eigenvalue weighted by Gasteiger charge is -2.39. The largest absolute Gasteiger partial charge is 0.506 e. The van der Waals surface area contributed by atoms with Crippen molar-refractivity contribution in [3.05, 3.63) is 34.5 Å². The fourth-order valence-corrected chi connectivity index (χ4v) is 7.42. The van der Waals surface area contributed by atoms with Crippen molar-refractivity contribution in [1.29, 1.82) is 0 Å². The summed E-state index contributed by atoms with van der Waals surface area (Å²) in [5.41, 5.74) is 3.92. The molecular formula is C25H31NO6S. The molecule has 1 fully saturated rings. The summed E-state index contributed by atoms with van der Waals surface area (Å²) in [4.78, 5) is 4.76. The molecule has 5 rings (SSSR count). The van der Waals surface area contributed by atoms with Crippen molar-refractivity contribution in [3.63, 3.8) is 0 Å². The number of aryl methyl sites for hydroxylation is 2. The molecule has 2 unspecified atom stereocenters. The molecule has 2 aromatic carbocycles. The molecule has 0 amide bonds. The maximum absolute atomic E-state index is 12.6. The van der Waals surface area contributed by atoms with Gasteiger partial charge in [0, 0.05) is 10.9 Å². The van der Waals surface area contributed by atoms with Crippen LogP contribution in [0.25, 0.3) is 21.7 Å². The molecule has 2 N–H and O–H groups in total. The number of rotatable bonds is 3. The van der Waals surface area contributed by atoms with Crippen LogP contribution in [-0.4, -0.2) is 42.0 Å². The molecule has 2 aliphatic rings. The van der Waals surface area contributed by atoms with Gasteiger partial charge in [-0.3, -0.25) is 4.55 Å². The first kappa shape index (κ1) is 23.6. The van der Waals surface area contributed by atoms with Crippen LogP contribution in [0.4, 0.5) is 0 Å². The third-order valence-electron chi connectivity index (χ3n) is 7.69. The SMILES string of the molecule is C.COc1cc2c3c(c4nc(C)c(O)c(C)c4c2cc1OC)CC1CCCC1(S(=O)(=O)O)C3. The second-order valence-corrected chi connectivity index (χ2v) is 10.9. The van der Waals surface area contributed by atoms with E-state index in [0.717, 1.165) is 51.2 Å². The Kier molecular flexibility index (Phi) is 5.53. The lowest BCUT2D eigenvalue weighted by Crippen LogP contribution is -2.47. The number of aromatic hydroxyl groups is 1. The third-order valence-corrected chi connectivity index (χ3v) is 9.40. The van der Waals surface area contributed by atoms with Crippen LogP contribution in [-0.2, 0) is 23.0 Å². The van der Waals surface area contributed by atoms with Gasteiger partial charge in [-0.05, 0) is 79.5 Å². The first-order chi connectivity index (χ1) is 15.1. The zero-order chi connectivity index (χ0) is 23.0. The van der Waals surface area contributed by atoms with Gasteiger partial charge in [-0.2, -0.15) is 8.42 Å². The number of hydrogen-bond acceptors (Lipinski definition) is 6. The monoisotopic (exact) mass is 473 g/mol. The van der Waals surface area contributed by atoms with Crippen molar-refractivity contribution < 1.29 is 27.6 Å². The van der Waals surface area contributed by atoms with Crippen molar-refractivity contribution in [2.75, 3.05) is 14.2 Å². The van der Waals surface area contributed by atoms with E-state index in [4.69, 9.17) is 14.5 Å². The fraction of sp³-hybridized carbons (Fsp3) is 0.480. The Hall–Kier alpha value is -2.58. The molecule has 33 heavy (non-hydrogen) atoms. The predicted molar refractivity (Wildman–Crippen MR) is 129 cm³/mol. The Labute approximate surface area is 194 Å². The number of hydrogen-bond donors (Lipinski definition) is 2. The van der Waals surface area contributed by atoms with Gasteiger partial charge in [0.05, 0.1) is 25.4 Å². The van der Waals surface area contributed by atoms with Gasteiger partial charge in [-0.25, -0.2) is 4.98 Å². The quantitative estimate of drug-likeness (QED) is 0.412. The van der Waals surface area contributed by atoms with Crippen molar-refractivity contribution in [2.24, 2.45) is 5.92 Å². The molecule has 1 saturated carbocycles. The topological polar surface area (TPSA) is 106 Å². The highest BCUT2D eigenvalue weighted by Crippen LogP contribution is 2.53. The van der Waals surface area contributed by atoms with Crippen LogP contribution in [0.5, 0.6) is 17.2 Å². The van der Waals surface area contributed by atoms with E-state index in [1.807, 2.05) is 19.1 Å². The van der Waals surface area contributed by atoms with Crippen molar-refractivity contribution >= 4 is 31.8 Å². The van der Waals surface area contributed by atoms with E-state index < -0.39 is 14.9 Å². The highest BCUT2D eigenvalue weighted by Gasteiger charge is 2.55. The smallest absolute Gasteiger partial charge is 0.271 e. The molecular weight excluding hydrogens is 442 g/mol. The standard InChI is InChI=1S/C24H27NO6S.CH4/c1-12-21-16-10-20(31-4)19(30-3)9-15(16)18-11-24(32(27,28)29)7-5-6-14(24)8-17(18)22(21)25-13(2)23(12)26;/h9-10,14,26H,5-8,11H2,1-4H3,(H,27,28,29);1H4. The van der Waals surface area contributed by atoms with Crippen LogP contribution < -0.4 is 9.47 Å². The molecule has 2 aliphatic carbocycles. The number of benzene rings is 2. The number of aromatic nitrogens is 1. The molecule has 3 aromatic rings. The molecule has 0 spiro atoms. The summed E-state index contributed by atoms with van der Waals surface area (Å²) < 4.78 is 45.5. The van der Waals surface area contributed by atoms with Gasteiger partial charge in [0.1, 0.15) is 10.5 Å². The summed E-state index contributed by atoms with van der Waals surface area (Å²) in [6.45, 7) is 3.64. The number of nitrogens with zero attached hydrogens (tertiary/aromatic N) is 1. The molecule has 1 heterocycles. The Bertz CT molecular complexity index is 1400. The van der Waals surface area contributed by atoms with Crippen molar-refractivity contribution in [2.45, 2.75) is 58.1 Å². The molecule has 7 nitrogen and oxygen atoms in total. The minimum absolute atomic E-state index is 0. The Balaban J connectivity index is 0.00000259. The molecule has 178 valence electrons. The Morgan fingerprint density at radius 2 is 1.73 bits per heavy atom. The fourth-order valence-electron chi connectivity index (χ4n) is 6.07. The zero-order valence-electron chi connectivity index (χ0n) is 18.7. The summed E-state index contributed by atoms with van der Waals surface area (Å²) in [7, 11) is -1.13. The second kappa shape index (κ2) is 7.74. The molecule has 1 aromatic heterocycles. The maximum Gasteiger partial charge on any atom is 0.271 e. The second-order valence-electron chi connectivity index (χ2n) is 9.11. The van der Waals surface area contributed by atoms with Crippen LogP contribution in [0.15, 0.2) is 12.1 Å². The van der Waals surface area contributed by atoms with Crippen molar-refractivity contribution in [3.8, 4) is 17.2 Å². The first-order valence-corrected chi connectivity index (χ1v) is 12.2. The highest BCUT2D eigenvalue weighted by molar-refractivity contribution is 7.87. The summed E-state index contributed by atoms with van der Waals surface area (Å²) in [6.07, 6.45) is 2.71. The minimum Gasteiger partial charge on any atom is -0.506 e. The van der Waals surface area contributed by atoms with Crippen LogP contribution >= 0.6 is 0 Å².